The van der Waals surface area contributed by atoms with Crippen LogP contribution in [0.1, 0.15) is 5.76 Å². The summed E-state index contributed by atoms with van der Waals surface area (Å²) in [5.41, 5.74) is 5.78. The van der Waals surface area contributed by atoms with Crippen LogP contribution in [0.15, 0.2) is 34.7 Å². The maximum Gasteiger partial charge on any atom is 0.323 e. The monoisotopic (exact) mass is 324 g/mol. The van der Waals surface area contributed by atoms with E-state index in [-0.39, 0.29) is 17.1 Å². The van der Waals surface area contributed by atoms with Gasteiger partial charge in [-0.25, -0.2) is 0 Å². The van der Waals surface area contributed by atoms with Crippen molar-refractivity contribution in [3.05, 3.63) is 51.2 Å². The molecule has 0 bridgehead atoms. The van der Waals surface area contributed by atoms with Crippen molar-refractivity contribution in [2.24, 2.45) is 5.73 Å². The number of nitrogens with two attached hydrogens (primary N) is 1. The van der Waals surface area contributed by atoms with Crippen LogP contribution in [0.25, 0.3) is 11.3 Å². The quantitative estimate of drug-likeness (QED) is 0.514. The third-order valence-corrected chi connectivity index (χ3v) is 3.24. The summed E-state index contributed by atoms with van der Waals surface area (Å²) in [5, 5.41) is 11.3. The van der Waals surface area contributed by atoms with Gasteiger partial charge in [0.05, 0.1) is 17.6 Å². The van der Waals surface area contributed by atoms with Crippen molar-refractivity contribution in [3.63, 3.8) is 0 Å². The normalized spacial score (nSPS) is 12.0. The van der Waals surface area contributed by atoms with Gasteiger partial charge in [-0.1, -0.05) is 11.6 Å². The molecule has 2 rings (SSSR count). The highest BCUT2D eigenvalue weighted by Crippen LogP contribution is 2.33. The molecule has 2 aromatic rings. The smallest absolute Gasteiger partial charge is 0.323 e. The second-order valence-corrected chi connectivity index (χ2v) is 4.95. The van der Waals surface area contributed by atoms with Crippen LogP contribution in [0.4, 0.5) is 5.69 Å². The second kappa shape index (κ2) is 6.59. The van der Waals surface area contributed by atoms with Gasteiger partial charge in [-0.2, -0.15) is 0 Å². The molecule has 7 nitrogen and oxygen atoms in total. The Kier molecular flexibility index (Phi) is 4.79. The summed E-state index contributed by atoms with van der Waals surface area (Å²) >= 11 is 5.77. The second-order valence-electron chi connectivity index (χ2n) is 4.52. The summed E-state index contributed by atoms with van der Waals surface area (Å²) in [6.45, 7) is 0. The van der Waals surface area contributed by atoms with E-state index < -0.39 is 16.9 Å². The van der Waals surface area contributed by atoms with Crippen molar-refractivity contribution < 1.29 is 18.9 Å². The Balaban J connectivity index is 2.29. The van der Waals surface area contributed by atoms with Crippen molar-refractivity contribution in [1.82, 2.24) is 0 Å². The molecule has 1 heterocycles. The number of carbonyl (C=O) groups excluding carboxylic acids is 1. The van der Waals surface area contributed by atoms with E-state index in [1.807, 2.05) is 0 Å². The molecule has 2 N–H and O–H groups in total. The molecule has 1 aromatic heterocycles. The van der Waals surface area contributed by atoms with Crippen molar-refractivity contribution >= 4 is 23.3 Å². The minimum atomic E-state index is -0.857. The molecule has 0 aliphatic carbocycles. The first kappa shape index (κ1) is 16.0. The van der Waals surface area contributed by atoms with Crippen molar-refractivity contribution in [2.45, 2.75) is 12.5 Å². The number of benzene rings is 1. The minimum absolute atomic E-state index is 0.133. The van der Waals surface area contributed by atoms with Gasteiger partial charge in [-0.3, -0.25) is 14.9 Å². The molecular weight excluding hydrogens is 312 g/mol. The number of nitro groups is 1. The average Bonchev–Trinajstić information content (AvgIpc) is 2.94. The highest BCUT2D eigenvalue weighted by atomic mass is 35.5. The molecule has 0 spiro atoms. The summed E-state index contributed by atoms with van der Waals surface area (Å²) < 4.78 is 10.1. The number of furan rings is 1. The van der Waals surface area contributed by atoms with Crippen LogP contribution in [-0.2, 0) is 16.0 Å². The summed E-state index contributed by atoms with van der Waals surface area (Å²) in [6.07, 6.45) is 0.133. The van der Waals surface area contributed by atoms with Gasteiger partial charge in [0.15, 0.2) is 0 Å². The fourth-order valence-electron chi connectivity index (χ4n) is 1.95. The maximum absolute atomic E-state index is 11.3. The molecule has 0 aliphatic rings. The van der Waals surface area contributed by atoms with E-state index in [2.05, 4.69) is 4.74 Å². The molecule has 0 saturated carbocycles. The van der Waals surface area contributed by atoms with Crippen molar-refractivity contribution in [3.8, 4) is 11.3 Å². The third kappa shape index (κ3) is 3.44. The molecule has 0 fully saturated rings. The van der Waals surface area contributed by atoms with Crippen LogP contribution < -0.4 is 5.73 Å². The number of halogens is 1. The molecular formula is C14H13ClN2O5. The van der Waals surface area contributed by atoms with E-state index in [1.165, 1.54) is 25.3 Å². The van der Waals surface area contributed by atoms with Crippen LogP contribution in [-0.4, -0.2) is 24.0 Å². The topological polar surface area (TPSA) is 109 Å². The number of nitrogens with zero attached hydrogens (tertiary/aromatic N) is 1. The van der Waals surface area contributed by atoms with Crippen LogP contribution in [0.5, 0.6) is 0 Å². The minimum Gasteiger partial charge on any atom is -0.468 e. The SMILES string of the molecule is COC(=O)C(N)Cc1ccc(-c2ccc(Cl)cc2[N+](=O)[O-])o1. The lowest BCUT2D eigenvalue weighted by atomic mass is 10.1. The summed E-state index contributed by atoms with van der Waals surface area (Å²) in [4.78, 5) is 21.8. The maximum atomic E-state index is 11.3. The number of nitro benzene ring substituents is 1. The summed E-state index contributed by atoms with van der Waals surface area (Å²) in [5.74, 6) is 0.169. The fraction of sp³-hybridized carbons (Fsp3) is 0.214. The first-order valence-corrected chi connectivity index (χ1v) is 6.66. The average molecular weight is 325 g/mol. The molecule has 22 heavy (non-hydrogen) atoms. The van der Waals surface area contributed by atoms with E-state index in [1.54, 1.807) is 12.1 Å². The molecule has 0 saturated heterocycles. The van der Waals surface area contributed by atoms with Gasteiger partial charge in [0.1, 0.15) is 17.6 Å². The zero-order valence-electron chi connectivity index (χ0n) is 11.6. The van der Waals surface area contributed by atoms with Gasteiger partial charge in [0.2, 0.25) is 0 Å². The molecule has 1 unspecified atom stereocenters. The number of methoxy groups -OCH3 is 1. The van der Waals surface area contributed by atoms with E-state index in [9.17, 15) is 14.9 Å². The highest BCUT2D eigenvalue weighted by Gasteiger charge is 2.20. The lowest BCUT2D eigenvalue weighted by Gasteiger charge is -2.06. The lowest BCUT2D eigenvalue weighted by Crippen LogP contribution is -2.33. The predicted molar refractivity (Wildman–Crippen MR) is 79.5 cm³/mol. The van der Waals surface area contributed by atoms with Gasteiger partial charge in [0.25, 0.3) is 5.69 Å². The van der Waals surface area contributed by atoms with E-state index in [0.717, 1.165) is 0 Å². The number of carbonyl (C=O) groups is 1. The standard InChI is InChI=1S/C14H13ClN2O5/c1-21-14(18)11(16)7-9-3-5-13(22-9)10-4-2-8(15)6-12(10)17(19)20/h2-6,11H,7,16H2,1H3. The van der Waals surface area contributed by atoms with Gasteiger partial charge in [-0.05, 0) is 24.3 Å². The lowest BCUT2D eigenvalue weighted by molar-refractivity contribution is -0.384. The third-order valence-electron chi connectivity index (χ3n) is 3.01. The van der Waals surface area contributed by atoms with E-state index in [4.69, 9.17) is 21.8 Å². The Labute approximate surface area is 130 Å². The van der Waals surface area contributed by atoms with Crippen molar-refractivity contribution in [1.29, 1.82) is 0 Å². The Bertz CT molecular complexity index is 713. The number of esters is 1. The van der Waals surface area contributed by atoms with Gasteiger partial charge < -0.3 is 14.9 Å². The number of ether oxygens (including phenoxy) is 1. The Morgan fingerprint density at radius 3 is 2.82 bits per heavy atom. The molecule has 1 aromatic carbocycles. The summed E-state index contributed by atoms with van der Waals surface area (Å²) in [7, 11) is 1.24. The van der Waals surface area contributed by atoms with Crippen LogP contribution in [0.3, 0.4) is 0 Å². The van der Waals surface area contributed by atoms with Gasteiger partial charge >= 0.3 is 5.97 Å². The van der Waals surface area contributed by atoms with E-state index >= 15 is 0 Å². The predicted octanol–water partition coefficient (Wildman–Crippen LogP) is 2.55. The Morgan fingerprint density at radius 2 is 2.18 bits per heavy atom. The molecule has 0 radical (unpaired) electrons. The molecule has 0 amide bonds. The van der Waals surface area contributed by atoms with Crippen LogP contribution in [0, 0.1) is 10.1 Å². The fourth-order valence-corrected chi connectivity index (χ4v) is 2.11. The zero-order chi connectivity index (χ0) is 16.3. The largest absolute Gasteiger partial charge is 0.468 e. The zero-order valence-corrected chi connectivity index (χ0v) is 12.4. The number of hydrogen-bond acceptors (Lipinski definition) is 6. The van der Waals surface area contributed by atoms with Crippen molar-refractivity contribution in [2.75, 3.05) is 7.11 Å². The van der Waals surface area contributed by atoms with Crippen LogP contribution >= 0.6 is 11.6 Å². The molecule has 0 aliphatic heterocycles. The Morgan fingerprint density at radius 1 is 1.45 bits per heavy atom. The summed E-state index contributed by atoms with van der Waals surface area (Å²) in [6, 6.07) is 6.62. The van der Waals surface area contributed by atoms with Gasteiger partial charge in [0, 0.05) is 17.5 Å². The van der Waals surface area contributed by atoms with Crippen LogP contribution in [0.2, 0.25) is 5.02 Å². The highest BCUT2D eigenvalue weighted by molar-refractivity contribution is 6.30. The Hall–Kier alpha value is -2.38. The first-order valence-electron chi connectivity index (χ1n) is 6.29. The van der Waals surface area contributed by atoms with Gasteiger partial charge in [-0.15, -0.1) is 0 Å². The molecule has 8 heteroatoms. The molecule has 116 valence electrons. The van der Waals surface area contributed by atoms with E-state index in [0.29, 0.717) is 17.1 Å². The number of hydrogen-bond donors (Lipinski definition) is 1. The molecule has 1 atom stereocenters. The first-order chi connectivity index (χ1) is 10.4. The number of rotatable bonds is 5.